The van der Waals surface area contributed by atoms with E-state index in [0.29, 0.717) is 0 Å². The number of rotatable bonds is 1. The molecule has 0 saturated carbocycles. The second kappa shape index (κ2) is 3.80. The van der Waals surface area contributed by atoms with E-state index in [4.69, 9.17) is 5.26 Å². The first-order chi connectivity index (χ1) is 8.40. The summed E-state index contributed by atoms with van der Waals surface area (Å²) in [7, 11) is 0. The van der Waals surface area contributed by atoms with E-state index in [-0.39, 0.29) is 0 Å². The van der Waals surface area contributed by atoms with Crippen LogP contribution in [0.25, 0.3) is 16.6 Å². The SMILES string of the molecule is N#Cc1cccc2c1ccn2-c1ccccc1. The zero-order chi connectivity index (χ0) is 11.7. The molecule has 2 heteroatoms. The number of para-hydroxylation sites is 1. The third-order valence-corrected chi connectivity index (χ3v) is 2.89. The molecule has 3 rings (SSSR count). The fourth-order valence-electron chi connectivity index (χ4n) is 2.08. The molecule has 0 aliphatic rings. The topological polar surface area (TPSA) is 28.7 Å². The number of nitrogens with zero attached hydrogens (tertiary/aromatic N) is 2. The molecule has 0 atom stereocenters. The number of aromatic nitrogens is 1. The number of hydrogen-bond acceptors (Lipinski definition) is 1. The van der Waals surface area contributed by atoms with Crippen molar-refractivity contribution in [1.82, 2.24) is 4.57 Å². The van der Waals surface area contributed by atoms with Crippen molar-refractivity contribution in [3.8, 4) is 11.8 Å². The van der Waals surface area contributed by atoms with Gasteiger partial charge in [-0.05, 0) is 30.3 Å². The Morgan fingerprint density at radius 3 is 2.47 bits per heavy atom. The average molecular weight is 218 g/mol. The standard InChI is InChI=1S/C15H10N2/c16-11-12-5-4-8-15-14(12)9-10-17(15)13-6-2-1-3-7-13/h1-10H. The first-order valence-corrected chi connectivity index (χ1v) is 5.46. The van der Waals surface area contributed by atoms with Crippen LogP contribution < -0.4 is 0 Å². The highest BCUT2D eigenvalue weighted by Gasteiger charge is 2.05. The van der Waals surface area contributed by atoms with Crippen molar-refractivity contribution < 1.29 is 0 Å². The van der Waals surface area contributed by atoms with Gasteiger partial charge in [-0.25, -0.2) is 0 Å². The van der Waals surface area contributed by atoms with Crippen molar-refractivity contribution in [2.75, 3.05) is 0 Å². The van der Waals surface area contributed by atoms with E-state index in [0.717, 1.165) is 22.2 Å². The van der Waals surface area contributed by atoms with Gasteiger partial charge in [0.25, 0.3) is 0 Å². The summed E-state index contributed by atoms with van der Waals surface area (Å²) in [6, 6.07) is 20.1. The van der Waals surface area contributed by atoms with Gasteiger partial charge in [-0.2, -0.15) is 5.26 Å². The van der Waals surface area contributed by atoms with E-state index in [1.807, 2.05) is 48.7 Å². The van der Waals surface area contributed by atoms with Gasteiger partial charge >= 0.3 is 0 Å². The summed E-state index contributed by atoms with van der Waals surface area (Å²) in [5, 5.41) is 10.1. The Balaban J connectivity index is 2.31. The maximum Gasteiger partial charge on any atom is 0.0998 e. The van der Waals surface area contributed by atoms with Gasteiger partial charge in [-0.15, -0.1) is 0 Å². The van der Waals surface area contributed by atoms with Crippen LogP contribution in [0, 0.1) is 11.3 Å². The van der Waals surface area contributed by atoms with Crippen molar-refractivity contribution >= 4 is 10.9 Å². The zero-order valence-corrected chi connectivity index (χ0v) is 9.17. The van der Waals surface area contributed by atoms with Crippen LogP contribution in [0.15, 0.2) is 60.8 Å². The minimum atomic E-state index is 0.720. The maximum atomic E-state index is 9.06. The molecule has 0 fully saturated rings. The molecule has 1 heterocycles. The molecule has 0 radical (unpaired) electrons. The molecule has 0 aliphatic heterocycles. The molecular weight excluding hydrogens is 208 g/mol. The summed E-state index contributed by atoms with van der Waals surface area (Å²) in [5.41, 5.74) is 2.89. The molecule has 0 N–H and O–H groups in total. The molecule has 0 saturated heterocycles. The minimum Gasteiger partial charge on any atom is -0.317 e. The van der Waals surface area contributed by atoms with E-state index in [2.05, 4.69) is 22.8 Å². The number of benzene rings is 2. The fraction of sp³-hybridized carbons (Fsp3) is 0. The van der Waals surface area contributed by atoms with Gasteiger partial charge in [0.15, 0.2) is 0 Å². The molecule has 1 aromatic heterocycles. The van der Waals surface area contributed by atoms with Gasteiger partial charge in [0.05, 0.1) is 17.1 Å². The van der Waals surface area contributed by atoms with Crippen LogP contribution in [0.1, 0.15) is 5.56 Å². The minimum absolute atomic E-state index is 0.720. The Hall–Kier alpha value is -2.53. The Morgan fingerprint density at radius 1 is 0.882 bits per heavy atom. The number of hydrogen-bond donors (Lipinski definition) is 0. The lowest BCUT2D eigenvalue weighted by Crippen LogP contribution is -1.90. The smallest absolute Gasteiger partial charge is 0.0998 e. The Bertz CT molecular complexity index is 703. The molecule has 80 valence electrons. The number of nitriles is 1. The van der Waals surface area contributed by atoms with Crippen molar-refractivity contribution in [1.29, 1.82) is 5.26 Å². The van der Waals surface area contributed by atoms with Crippen LogP contribution >= 0.6 is 0 Å². The second-order valence-electron chi connectivity index (χ2n) is 3.87. The van der Waals surface area contributed by atoms with Crippen LogP contribution in [0.5, 0.6) is 0 Å². The van der Waals surface area contributed by atoms with Crippen LogP contribution in [0.2, 0.25) is 0 Å². The predicted octanol–water partition coefficient (Wildman–Crippen LogP) is 3.50. The molecule has 17 heavy (non-hydrogen) atoms. The van der Waals surface area contributed by atoms with Gasteiger partial charge in [0.2, 0.25) is 0 Å². The molecule has 0 aliphatic carbocycles. The summed E-state index contributed by atoms with van der Waals surface area (Å²) >= 11 is 0. The van der Waals surface area contributed by atoms with E-state index < -0.39 is 0 Å². The predicted molar refractivity (Wildman–Crippen MR) is 68.0 cm³/mol. The van der Waals surface area contributed by atoms with Gasteiger partial charge in [-0.3, -0.25) is 0 Å². The summed E-state index contributed by atoms with van der Waals surface area (Å²) < 4.78 is 2.09. The van der Waals surface area contributed by atoms with Crippen LogP contribution in [-0.4, -0.2) is 4.57 Å². The third kappa shape index (κ3) is 1.49. The van der Waals surface area contributed by atoms with E-state index >= 15 is 0 Å². The van der Waals surface area contributed by atoms with E-state index in [1.165, 1.54) is 0 Å². The lowest BCUT2D eigenvalue weighted by atomic mass is 10.1. The zero-order valence-electron chi connectivity index (χ0n) is 9.17. The van der Waals surface area contributed by atoms with Crippen LogP contribution in [0.3, 0.4) is 0 Å². The van der Waals surface area contributed by atoms with Crippen LogP contribution in [0.4, 0.5) is 0 Å². The lowest BCUT2D eigenvalue weighted by Gasteiger charge is -2.04. The molecule has 0 amide bonds. The molecule has 2 nitrogen and oxygen atoms in total. The molecule has 2 aromatic carbocycles. The normalized spacial score (nSPS) is 10.3. The van der Waals surface area contributed by atoms with Crippen molar-refractivity contribution in [3.63, 3.8) is 0 Å². The van der Waals surface area contributed by atoms with Crippen molar-refractivity contribution in [3.05, 3.63) is 66.4 Å². The van der Waals surface area contributed by atoms with Crippen molar-refractivity contribution in [2.24, 2.45) is 0 Å². The monoisotopic (exact) mass is 218 g/mol. The Kier molecular flexibility index (Phi) is 2.16. The highest BCUT2D eigenvalue weighted by Crippen LogP contribution is 2.22. The summed E-state index contributed by atoms with van der Waals surface area (Å²) in [5.74, 6) is 0. The molecule has 0 bridgehead atoms. The molecular formula is C15H10N2. The van der Waals surface area contributed by atoms with Gasteiger partial charge in [0.1, 0.15) is 0 Å². The summed E-state index contributed by atoms with van der Waals surface area (Å²) in [6.45, 7) is 0. The fourth-order valence-corrected chi connectivity index (χ4v) is 2.08. The van der Waals surface area contributed by atoms with Gasteiger partial charge in [-0.1, -0.05) is 24.3 Å². The highest BCUT2D eigenvalue weighted by molar-refractivity contribution is 5.87. The molecule has 0 spiro atoms. The summed E-state index contributed by atoms with van der Waals surface area (Å²) in [4.78, 5) is 0. The largest absolute Gasteiger partial charge is 0.317 e. The number of fused-ring (bicyclic) bond motifs is 1. The second-order valence-corrected chi connectivity index (χ2v) is 3.87. The quantitative estimate of drug-likeness (QED) is 0.614. The highest BCUT2D eigenvalue weighted by atomic mass is 15.0. The Morgan fingerprint density at radius 2 is 1.71 bits per heavy atom. The maximum absolute atomic E-state index is 9.06. The summed E-state index contributed by atoms with van der Waals surface area (Å²) in [6.07, 6.45) is 2.00. The first kappa shape index (κ1) is 9.68. The van der Waals surface area contributed by atoms with Gasteiger partial charge in [0, 0.05) is 17.3 Å². The van der Waals surface area contributed by atoms with Crippen LogP contribution in [-0.2, 0) is 0 Å². The third-order valence-electron chi connectivity index (χ3n) is 2.89. The average Bonchev–Trinajstić information content (AvgIpc) is 2.83. The van der Waals surface area contributed by atoms with Crippen molar-refractivity contribution in [2.45, 2.75) is 0 Å². The first-order valence-electron chi connectivity index (χ1n) is 5.46. The lowest BCUT2D eigenvalue weighted by molar-refractivity contribution is 1.13. The molecule has 0 unspecified atom stereocenters. The van der Waals surface area contributed by atoms with Gasteiger partial charge < -0.3 is 4.57 Å². The van der Waals surface area contributed by atoms with E-state index in [1.54, 1.807) is 0 Å². The Labute approximate surface area is 99.3 Å². The molecule has 3 aromatic rings. The van der Waals surface area contributed by atoms with E-state index in [9.17, 15) is 0 Å².